The third kappa shape index (κ3) is 6.42. The van der Waals surface area contributed by atoms with Crippen LogP contribution in [0.1, 0.15) is 37.8 Å². The Balaban J connectivity index is 2.29. The molecule has 0 saturated carbocycles. The van der Waals surface area contributed by atoms with E-state index in [0.29, 0.717) is 6.08 Å². The average Bonchev–Trinajstić information content (AvgIpc) is 2.67. The number of carbonyl (C=O) groups is 1. The van der Waals surface area contributed by atoms with Gasteiger partial charge < -0.3 is 19.0 Å². The summed E-state index contributed by atoms with van der Waals surface area (Å²) in [6, 6.07) is 1.80. The molecule has 1 aromatic carbocycles. The van der Waals surface area contributed by atoms with E-state index in [1.165, 1.54) is 6.92 Å². The van der Waals surface area contributed by atoms with Gasteiger partial charge in [0, 0.05) is 12.0 Å². The second-order valence-corrected chi connectivity index (χ2v) is 6.92. The Morgan fingerprint density at radius 2 is 1.91 bits per heavy atom. The fourth-order valence-corrected chi connectivity index (χ4v) is 3.10. The standard InChI is InChI=1S/C19H19F6NO7/c1-3-12-9-14(32-19(23,24)25)10-13-6-7-17(18(20,21)22,33-16(12)13)11(2)31-15(27)5-4-8-30-26(28)29/h6-7,9-11H,3-5,8H2,1-2H3. The van der Waals surface area contributed by atoms with Gasteiger partial charge in [0.15, 0.2) is 6.10 Å². The van der Waals surface area contributed by atoms with Gasteiger partial charge in [-0.2, -0.15) is 13.2 Å². The molecule has 1 aliphatic rings. The van der Waals surface area contributed by atoms with Gasteiger partial charge in [-0.3, -0.25) is 4.79 Å². The molecule has 0 saturated heterocycles. The minimum absolute atomic E-state index is 0.0141. The van der Waals surface area contributed by atoms with Crippen molar-refractivity contribution in [3.63, 3.8) is 0 Å². The number of alkyl halides is 6. The molecule has 0 bridgehead atoms. The molecule has 0 spiro atoms. The highest BCUT2D eigenvalue weighted by Crippen LogP contribution is 2.46. The number of halogens is 6. The van der Waals surface area contributed by atoms with Gasteiger partial charge in [-0.05, 0) is 43.5 Å². The molecule has 1 heterocycles. The molecule has 1 aromatic rings. The number of ether oxygens (including phenoxy) is 3. The highest BCUT2D eigenvalue weighted by Gasteiger charge is 2.62. The van der Waals surface area contributed by atoms with Gasteiger partial charge in [0.2, 0.25) is 0 Å². The van der Waals surface area contributed by atoms with Crippen LogP contribution in [0.3, 0.4) is 0 Å². The number of aryl methyl sites for hydroxylation is 1. The predicted octanol–water partition coefficient (Wildman–Crippen LogP) is 4.77. The molecule has 0 aromatic heterocycles. The average molecular weight is 487 g/mol. The highest BCUT2D eigenvalue weighted by atomic mass is 19.4. The number of nitrogens with zero attached hydrogens (tertiary/aromatic N) is 1. The number of carbonyl (C=O) groups excluding carboxylic acids is 1. The molecule has 184 valence electrons. The van der Waals surface area contributed by atoms with E-state index in [9.17, 15) is 41.3 Å². The first kappa shape index (κ1) is 26.1. The van der Waals surface area contributed by atoms with Gasteiger partial charge in [0.25, 0.3) is 10.7 Å². The van der Waals surface area contributed by atoms with Crippen LogP contribution in [0.4, 0.5) is 26.3 Å². The normalized spacial score (nSPS) is 18.7. The Hall–Kier alpha value is -3.19. The maximum Gasteiger partial charge on any atom is 0.573 e. The lowest BCUT2D eigenvalue weighted by atomic mass is 9.90. The van der Waals surface area contributed by atoms with Crippen LogP contribution in [0.25, 0.3) is 6.08 Å². The van der Waals surface area contributed by atoms with Crippen LogP contribution < -0.4 is 9.47 Å². The van der Waals surface area contributed by atoms with E-state index in [1.54, 1.807) is 0 Å². The minimum Gasteiger partial charge on any atom is -0.469 e. The van der Waals surface area contributed by atoms with Gasteiger partial charge in [-0.15, -0.1) is 23.3 Å². The van der Waals surface area contributed by atoms with Crippen LogP contribution in [0.5, 0.6) is 11.5 Å². The van der Waals surface area contributed by atoms with Crippen molar-refractivity contribution in [2.45, 2.75) is 57.4 Å². The van der Waals surface area contributed by atoms with Crippen LogP contribution in [-0.4, -0.2) is 41.9 Å². The summed E-state index contributed by atoms with van der Waals surface area (Å²) in [6.07, 6.45) is -11.1. The lowest BCUT2D eigenvalue weighted by molar-refractivity contribution is -0.757. The molecule has 0 aliphatic carbocycles. The Labute approximate surface area is 183 Å². The zero-order valence-corrected chi connectivity index (χ0v) is 17.3. The van der Waals surface area contributed by atoms with Crippen LogP contribution in [-0.2, 0) is 20.8 Å². The number of esters is 1. The van der Waals surface area contributed by atoms with E-state index >= 15 is 0 Å². The summed E-state index contributed by atoms with van der Waals surface area (Å²) in [5.74, 6) is -2.03. The molecule has 0 radical (unpaired) electrons. The summed E-state index contributed by atoms with van der Waals surface area (Å²) >= 11 is 0. The van der Waals surface area contributed by atoms with Gasteiger partial charge in [0.05, 0.1) is 6.61 Å². The molecule has 14 heteroatoms. The van der Waals surface area contributed by atoms with Gasteiger partial charge in [-0.1, -0.05) is 13.0 Å². The first-order valence-electron chi connectivity index (χ1n) is 9.53. The number of rotatable bonds is 9. The monoisotopic (exact) mass is 487 g/mol. The Morgan fingerprint density at radius 1 is 1.24 bits per heavy atom. The van der Waals surface area contributed by atoms with E-state index in [0.717, 1.165) is 25.1 Å². The quantitative estimate of drug-likeness (QED) is 0.163. The van der Waals surface area contributed by atoms with Gasteiger partial charge in [-0.25, -0.2) is 0 Å². The van der Waals surface area contributed by atoms with E-state index in [-0.39, 0.29) is 29.7 Å². The van der Waals surface area contributed by atoms with Crippen molar-refractivity contribution in [1.82, 2.24) is 0 Å². The largest absolute Gasteiger partial charge is 0.573 e. The molecule has 0 fully saturated rings. The molecular formula is C19H19F6NO7. The van der Waals surface area contributed by atoms with E-state index in [1.807, 2.05) is 0 Å². The summed E-state index contributed by atoms with van der Waals surface area (Å²) in [7, 11) is 0. The maximum absolute atomic E-state index is 14.1. The van der Waals surface area contributed by atoms with Crippen molar-refractivity contribution in [2.75, 3.05) is 6.61 Å². The first-order valence-corrected chi connectivity index (χ1v) is 9.53. The summed E-state index contributed by atoms with van der Waals surface area (Å²) in [6.45, 7) is 1.99. The molecule has 2 atom stereocenters. The molecule has 0 amide bonds. The third-order valence-electron chi connectivity index (χ3n) is 4.64. The SMILES string of the molecule is CCc1cc(OC(F)(F)F)cc2c1OC(C(C)OC(=O)CCCO[N+](=O)[O-])(C(F)(F)F)C=C2. The Bertz CT molecular complexity index is 915. The molecule has 8 nitrogen and oxygen atoms in total. The molecule has 2 unspecified atom stereocenters. The van der Waals surface area contributed by atoms with Crippen LogP contribution in [0.2, 0.25) is 0 Å². The molecular weight excluding hydrogens is 468 g/mol. The molecule has 1 aliphatic heterocycles. The summed E-state index contributed by atoms with van der Waals surface area (Å²) < 4.78 is 93.9. The zero-order chi connectivity index (χ0) is 25.0. The van der Waals surface area contributed by atoms with E-state index in [4.69, 9.17) is 9.47 Å². The zero-order valence-electron chi connectivity index (χ0n) is 17.3. The molecule has 2 rings (SSSR count). The smallest absolute Gasteiger partial charge is 0.469 e. The summed E-state index contributed by atoms with van der Waals surface area (Å²) in [4.78, 5) is 26.0. The lowest BCUT2D eigenvalue weighted by Gasteiger charge is -2.40. The van der Waals surface area contributed by atoms with Crippen molar-refractivity contribution in [3.05, 3.63) is 39.4 Å². The van der Waals surface area contributed by atoms with Crippen molar-refractivity contribution >= 4 is 12.0 Å². The van der Waals surface area contributed by atoms with Gasteiger partial charge in [0.1, 0.15) is 11.5 Å². The van der Waals surface area contributed by atoms with E-state index < -0.39 is 54.1 Å². The number of benzene rings is 1. The maximum atomic E-state index is 14.1. The topological polar surface area (TPSA) is 97.1 Å². The van der Waals surface area contributed by atoms with E-state index in [2.05, 4.69) is 9.57 Å². The summed E-state index contributed by atoms with van der Waals surface area (Å²) in [5, 5.41) is 9.00. The van der Waals surface area contributed by atoms with Crippen LogP contribution in [0.15, 0.2) is 18.2 Å². The van der Waals surface area contributed by atoms with Crippen molar-refractivity contribution < 1.29 is 55.3 Å². The Kier molecular flexibility index (Phi) is 7.70. The summed E-state index contributed by atoms with van der Waals surface area (Å²) in [5.41, 5.74) is -3.19. The minimum atomic E-state index is -5.08. The fourth-order valence-electron chi connectivity index (χ4n) is 3.10. The predicted molar refractivity (Wildman–Crippen MR) is 98.7 cm³/mol. The second kappa shape index (κ2) is 9.75. The molecule has 0 N–H and O–H groups in total. The van der Waals surface area contributed by atoms with Crippen molar-refractivity contribution in [1.29, 1.82) is 0 Å². The number of hydrogen-bond acceptors (Lipinski definition) is 7. The second-order valence-electron chi connectivity index (χ2n) is 6.92. The number of hydrogen-bond donors (Lipinski definition) is 0. The van der Waals surface area contributed by atoms with Crippen molar-refractivity contribution in [2.24, 2.45) is 0 Å². The fraction of sp³-hybridized carbons (Fsp3) is 0.526. The first-order chi connectivity index (χ1) is 15.2. The Morgan fingerprint density at radius 3 is 2.45 bits per heavy atom. The van der Waals surface area contributed by atoms with Crippen LogP contribution >= 0.6 is 0 Å². The van der Waals surface area contributed by atoms with Crippen LogP contribution in [0, 0.1) is 10.1 Å². The third-order valence-corrected chi connectivity index (χ3v) is 4.64. The molecule has 33 heavy (non-hydrogen) atoms. The van der Waals surface area contributed by atoms with Crippen molar-refractivity contribution in [3.8, 4) is 11.5 Å². The number of fused-ring (bicyclic) bond motifs is 1. The lowest BCUT2D eigenvalue weighted by Crippen LogP contribution is -2.58. The van der Waals surface area contributed by atoms with Gasteiger partial charge >= 0.3 is 18.5 Å². The highest BCUT2D eigenvalue weighted by molar-refractivity contribution is 5.70.